The Morgan fingerprint density at radius 3 is 2.45 bits per heavy atom. The summed E-state index contributed by atoms with van der Waals surface area (Å²) in [6, 6.07) is 5.05. The topological polar surface area (TPSA) is 113 Å². The van der Waals surface area contributed by atoms with E-state index in [0.29, 0.717) is 5.69 Å². The number of carbonyl (C=O) groups is 2. The zero-order valence-electron chi connectivity index (χ0n) is 12.6. The third-order valence-corrected chi connectivity index (χ3v) is 3.12. The molecule has 2 N–H and O–H groups in total. The molecule has 1 atom stereocenters. The molecule has 0 fully saturated rings. The Morgan fingerprint density at radius 1 is 1.36 bits per heavy atom. The number of rotatable bonds is 7. The second-order valence-corrected chi connectivity index (χ2v) is 5.23. The predicted octanol–water partition coefficient (Wildman–Crippen LogP) is 1.26. The normalized spacial score (nSPS) is 11.8. The molecule has 1 aromatic rings. The Bertz CT molecular complexity index is 573. The van der Waals surface area contributed by atoms with Crippen molar-refractivity contribution < 1.29 is 19.6 Å². The summed E-state index contributed by atoms with van der Waals surface area (Å²) in [5, 5.41) is 22.4. The smallest absolute Gasteiger partial charge is 0.326 e. The van der Waals surface area contributed by atoms with Gasteiger partial charge in [0.1, 0.15) is 11.7 Å². The van der Waals surface area contributed by atoms with Gasteiger partial charge >= 0.3 is 5.97 Å². The molecule has 8 nitrogen and oxygen atoms in total. The van der Waals surface area contributed by atoms with Gasteiger partial charge in [0.05, 0.1) is 11.5 Å². The van der Waals surface area contributed by atoms with E-state index in [0.717, 1.165) is 0 Å². The summed E-state index contributed by atoms with van der Waals surface area (Å²) in [4.78, 5) is 34.8. The van der Waals surface area contributed by atoms with Crippen molar-refractivity contribution >= 4 is 23.3 Å². The summed E-state index contributed by atoms with van der Waals surface area (Å²) < 4.78 is 0. The van der Waals surface area contributed by atoms with E-state index >= 15 is 0 Å². The van der Waals surface area contributed by atoms with Crippen LogP contribution in [0.25, 0.3) is 0 Å². The monoisotopic (exact) mass is 309 g/mol. The van der Waals surface area contributed by atoms with E-state index < -0.39 is 22.8 Å². The van der Waals surface area contributed by atoms with Crippen LogP contribution in [0.15, 0.2) is 24.3 Å². The number of hydrogen-bond acceptors (Lipinski definition) is 5. The number of nitrogens with one attached hydrogen (secondary N) is 1. The highest BCUT2D eigenvalue weighted by Gasteiger charge is 2.24. The maximum atomic E-state index is 11.9. The minimum atomic E-state index is -1.11. The van der Waals surface area contributed by atoms with Gasteiger partial charge in [-0.25, -0.2) is 4.79 Å². The van der Waals surface area contributed by atoms with E-state index in [2.05, 4.69) is 5.32 Å². The average molecular weight is 309 g/mol. The lowest BCUT2D eigenvalue weighted by Crippen LogP contribution is -2.47. The van der Waals surface area contributed by atoms with E-state index in [9.17, 15) is 19.7 Å². The minimum Gasteiger partial charge on any atom is -0.480 e. The van der Waals surface area contributed by atoms with E-state index in [-0.39, 0.29) is 18.2 Å². The molecule has 0 saturated heterocycles. The second-order valence-electron chi connectivity index (χ2n) is 5.23. The fourth-order valence-corrected chi connectivity index (χ4v) is 1.97. The molecule has 0 aliphatic carbocycles. The molecule has 1 amide bonds. The van der Waals surface area contributed by atoms with E-state index in [1.54, 1.807) is 19.9 Å². The lowest BCUT2D eigenvalue weighted by molar-refractivity contribution is -0.384. The van der Waals surface area contributed by atoms with Crippen molar-refractivity contribution in [3.8, 4) is 0 Å². The summed E-state index contributed by atoms with van der Waals surface area (Å²) in [6.45, 7) is 3.19. The van der Waals surface area contributed by atoms with Gasteiger partial charge in [-0.1, -0.05) is 26.0 Å². The largest absolute Gasteiger partial charge is 0.480 e. The maximum absolute atomic E-state index is 11.9. The molecule has 0 bridgehead atoms. The molecule has 0 radical (unpaired) electrons. The number of para-hydroxylation sites is 2. The van der Waals surface area contributed by atoms with E-state index in [4.69, 9.17) is 5.11 Å². The molecule has 1 rings (SSSR count). The van der Waals surface area contributed by atoms with Gasteiger partial charge in [-0.15, -0.1) is 0 Å². The zero-order valence-corrected chi connectivity index (χ0v) is 12.6. The van der Waals surface area contributed by atoms with Gasteiger partial charge in [-0.05, 0) is 12.0 Å². The summed E-state index contributed by atoms with van der Waals surface area (Å²) in [5.41, 5.74) is 0.176. The average Bonchev–Trinajstić information content (AvgIpc) is 2.43. The Balaban J connectivity index is 2.80. The van der Waals surface area contributed by atoms with Crippen LogP contribution in [0.2, 0.25) is 0 Å². The highest BCUT2D eigenvalue weighted by Crippen LogP contribution is 2.26. The number of nitro benzene ring substituents is 1. The molecule has 120 valence electrons. The van der Waals surface area contributed by atoms with Crippen LogP contribution in [0.3, 0.4) is 0 Å². The van der Waals surface area contributed by atoms with Crippen LogP contribution in [0, 0.1) is 16.0 Å². The van der Waals surface area contributed by atoms with Gasteiger partial charge in [0.2, 0.25) is 5.91 Å². The van der Waals surface area contributed by atoms with Crippen LogP contribution >= 0.6 is 0 Å². The third-order valence-electron chi connectivity index (χ3n) is 3.12. The highest BCUT2D eigenvalue weighted by atomic mass is 16.6. The van der Waals surface area contributed by atoms with Crippen LogP contribution in [0.5, 0.6) is 0 Å². The number of amides is 1. The summed E-state index contributed by atoms with van der Waals surface area (Å²) in [5.74, 6) is -1.89. The fourth-order valence-electron chi connectivity index (χ4n) is 1.97. The first-order valence-electron chi connectivity index (χ1n) is 6.70. The van der Waals surface area contributed by atoms with Crippen molar-refractivity contribution in [2.45, 2.75) is 19.9 Å². The van der Waals surface area contributed by atoms with Gasteiger partial charge in [0.15, 0.2) is 0 Å². The summed E-state index contributed by atoms with van der Waals surface area (Å²) in [7, 11) is 1.53. The number of hydrogen-bond donors (Lipinski definition) is 2. The van der Waals surface area contributed by atoms with Crippen molar-refractivity contribution in [2.24, 2.45) is 5.92 Å². The molecule has 0 saturated carbocycles. The third kappa shape index (κ3) is 4.44. The molecular formula is C14H19N3O5. The van der Waals surface area contributed by atoms with Crippen molar-refractivity contribution in [3.05, 3.63) is 34.4 Å². The second kappa shape index (κ2) is 7.39. The van der Waals surface area contributed by atoms with E-state index in [1.165, 1.54) is 30.1 Å². The molecular weight excluding hydrogens is 290 g/mol. The van der Waals surface area contributed by atoms with Crippen molar-refractivity contribution in [1.29, 1.82) is 0 Å². The van der Waals surface area contributed by atoms with Crippen LogP contribution in [0.4, 0.5) is 11.4 Å². The maximum Gasteiger partial charge on any atom is 0.326 e. The molecule has 0 unspecified atom stereocenters. The number of benzene rings is 1. The highest BCUT2D eigenvalue weighted by molar-refractivity contribution is 5.87. The lowest BCUT2D eigenvalue weighted by Gasteiger charge is -2.22. The number of aliphatic carboxylic acids is 1. The number of nitrogens with zero attached hydrogens (tertiary/aromatic N) is 2. The Labute approximate surface area is 127 Å². The number of nitro groups is 1. The molecule has 0 aliphatic heterocycles. The number of anilines is 1. The molecule has 22 heavy (non-hydrogen) atoms. The van der Waals surface area contributed by atoms with Gasteiger partial charge in [0.25, 0.3) is 5.69 Å². The van der Waals surface area contributed by atoms with Gasteiger partial charge in [-0.3, -0.25) is 14.9 Å². The molecule has 1 aromatic carbocycles. The van der Waals surface area contributed by atoms with Gasteiger partial charge in [0, 0.05) is 13.1 Å². The lowest BCUT2D eigenvalue weighted by atomic mass is 10.0. The molecule has 0 heterocycles. The van der Waals surface area contributed by atoms with E-state index in [1.807, 2.05) is 0 Å². The number of likely N-dealkylation sites (N-methyl/N-ethyl adjacent to an activating group) is 1. The Hall–Kier alpha value is -2.64. The van der Waals surface area contributed by atoms with Crippen LogP contribution in [-0.2, 0) is 9.59 Å². The first-order valence-corrected chi connectivity index (χ1v) is 6.70. The Kier molecular flexibility index (Phi) is 5.85. The quantitative estimate of drug-likeness (QED) is 0.579. The standard InChI is InChI=1S/C14H19N3O5/c1-9(2)13(14(19)20)15-12(18)8-16(3)10-6-4-5-7-11(10)17(21)22/h4-7,9,13H,8H2,1-3H3,(H,15,18)(H,19,20)/t13-/m0/s1. The first-order chi connectivity index (χ1) is 10.2. The molecule has 0 aromatic heterocycles. The zero-order chi connectivity index (χ0) is 16.9. The fraction of sp³-hybridized carbons (Fsp3) is 0.429. The molecule has 0 aliphatic rings. The first kappa shape index (κ1) is 17.4. The molecule has 8 heteroatoms. The summed E-state index contributed by atoms with van der Waals surface area (Å²) >= 11 is 0. The van der Waals surface area contributed by atoms with Crippen LogP contribution < -0.4 is 10.2 Å². The number of carboxylic acid groups (broad SMARTS) is 1. The molecule has 0 spiro atoms. The minimum absolute atomic E-state index is 0.114. The summed E-state index contributed by atoms with van der Waals surface area (Å²) in [6.07, 6.45) is 0. The Morgan fingerprint density at radius 2 is 1.95 bits per heavy atom. The van der Waals surface area contributed by atoms with Crippen molar-refractivity contribution in [2.75, 3.05) is 18.5 Å². The van der Waals surface area contributed by atoms with Crippen LogP contribution in [0.1, 0.15) is 13.8 Å². The van der Waals surface area contributed by atoms with Crippen molar-refractivity contribution in [3.63, 3.8) is 0 Å². The number of carbonyl (C=O) groups excluding carboxylic acids is 1. The van der Waals surface area contributed by atoms with Gasteiger partial charge in [-0.2, -0.15) is 0 Å². The number of carboxylic acids is 1. The van der Waals surface area contributed by atoms with Crippen molar-refractivity contribution in [1.82, 2.24) is 5.32 Å². The van der Waals surface area contributed by atoms with Gasteiger partial charge < -0.3 is 15.3 Å². The van der Waals surface area contributed by atoms with Crippen LogP contribution in [-0.4, -0.2) is 41.5 Å². The predicted molar refractivity (Wildman–Crippen MR) is 80.8 cm³/mol. The SMILES string of the molecule is CC(C)[C@H](NC(=O)CN(C)c1ccccc1[N+](=O)[O-])C(=O)O.